The molecule has 0 spiro atoms. The number of aryl methyl sites for hydroxylation is 2. The number of aliphatic hydroxyl groups is 1. The molecule has 1 aromatic heterocycles. The number of nitrogens with zero attached hydrogens (tertiary/aromatic N) is 2. The summed E-state index contributed by atoms with van der Waals surface area (Å²) >= 11 is 0. The lowest BCUT2D eigenvalue weighted by atomic mass is 10.1. The molecule has 4 nitrogen and oxygen atoms in total. The van der Waals surface area contributed by atoms with Gasteiger partial charge in [-0.25, -0.2) is 4.98 Å². The summed E-state index contributed by atoms with van der Waals surface area (Å²) in [4.78, 5) is 4.55. The van der Waals surface area contributed by atoms with Crippen LogP contribution in [0, 0.1) is 6.92 Å². The molecule has 4 heteroatoms. The van der Waals surface area contributed by atoms with Crippen LogP contribution in [0.25, 0.3) is 11.0 Å². The molecular formula is C15H23N3O. The first-order valence-corrected chi connectivity index (χ1v) is 6.71. The molecule has 0 aliphatic rings. The highest BCUT2D eigenvalue weighted by Gasteiger charge is 2.14. The van der Waals surface area contributed by atoms with Gasteiger partial charge in [0, 0.05) is 12.6 Å². The number of hydrogen-bond donors (Lipinski definition) is 2. The molecule has 0 radical (unpaired) electrons. The second-order valence-corrected chi connectivity index (χ2v) is 5.76. The first kappa shape index (κ1) is 14.0. The van der Waals surface area contributed by atoms with E-state index in [1.54, 1.807) is 0 Å². The highest BCUT2D eigenvalue weighted by atomic mass is 16.3. The molecule has 2 rings (SSSR count). The molecule has 0 saturated carbocycles. The molecule has 2 N–H and O–H groups in total. The normalized spacial score (nSPS) is 12.3. The summed E-state index contributed by atoms with van der Waals surface area (Å²) in [5, 5.41) is 12.5. The van der Waals surface area contributed by atoms with Gasteiger partial charge in [0.25, 0.3) is 0 Å². The van der Waals surface area contributed by atoms with Crippen molar-refractivity contribution in [3.63, 3.8) is 0 Å². The van der Waals surface area contributed by atoms with Crippen molar-refractivity contribution >= 4 is 11.0 Å². The topological polar surface area (TPSA) is 50.1 Å². The van der Waals surface area contributed by atoms with E-state index in [1.807, 2.05) is 27.8 Å². The average Bonchev–Trinajstić information content (AvgIpc) is 2.65. The molecule has 0 saturated heterocycles. The van der Waals surface area contributed by atoms with Gasteiger partial charge in [0.05, 0.1) is 17.6 Å². The maximum atomic E-state index is 9.19. The average molecular weight is 261 g/mol. The minimum absolute atomic E-state index is 0.144. The van der Waals surface area contributed by atoms with Crippen molar-refractivity contribution in [2.75, 3.05) is 13.2 Å². The van der Waals surface area contributed by atoms with Gasteiger partial charge in [-0.3, -0.25) is 0 Å². The second-order valence-electron chi connectivity index (χ2n) is 5.76. The fourth-order valence-corrected chi connectivity index (χ4v) is 2.12. The van der Waals surface area contributed by atoms with Crippen molar-refractivity contribution in [1.29, 1.82) is 0 Å². The number of imidazole rings is 1. The van der Waals surface area contributed by atoms with Crippen LogP contribution in [0.1, 0.15) is 25.2 Å². The Bertz CT molecular complexity index is 572. The van der Waals surface area contributed by atoms with Gasteiger partial charge in [-0.1, -0.05) is 6.07 Å². The third kappa shape index (κ3) is 3.14. The molecule has 0 unspecified atom stereocenters. The summed E-state index contributed by atoms with van der Waals surface area (Å²) in [7, 11) is 2.04. The fourth-order valence-electron chi connectivity index (χ4n) is 2.12. The summed E-state index contributed by atoms with van der Waals surface area (Å²) in [5.74, 6) is 1.03. The maximum absolute atomic E-state index is 9.19. The van der Waals surface area contributed by atoms with Crippen molar-refractivity contribution in [3.8, 4) is 0 Å². The number of fused-ring (bicyclic) bond motifs is 1. The van der Waals surface area contributed by atoms with Crippen LogP contribution in [0.4, 0.5) is 0 Å². The second kappa shape index (κ2) is 5.31. The molecule has 19 heavy (non-hydrogen) atoms. The smallest absolute Gasteiger partial charge is 0.106 e. The molecule has 2 aromatic rings. The third-order valence-electron chi connectivity index (χ3n) is 3.58. The Balaban J connectivity index is 2.06. The Hall–Kier alpha value is -1.39. The van der Waals surface area contributed by atoms with Gasteiger partial charge in [-0.2, -0.15) is 0 Å². The van der Waals surface area contributed by atoms with Gasteiger partial charge in [0.2, 0.25) is 0 Å². The van der Waals surface area contributed by atoms with E-state index in [2.05, 4.69) is 33.1 Å². The van der Waals surface area contributed by atoms with E-state index in [9.17, 15) is 5.11 Å². The van der Waals surface area contributed by atoms with Gasteiger partial charge in [0.15, 0.2) is 0 Å². The molecule has 0 aliphatic carbocycles. The minimum atomic E-state index is -0.217. The summed E-state index contributed by atoms with van der Waals surface area (Å²) in [6.45, 7) is 7.01. The number of nitrogens with one attached hydrogen (secondary N) is 1. The molecule has 0 bridgehead atoms. The maximum Gasteiger partial charge on any atom is 0.106 e. The standard InChI is InChI=1S/C15H23N3O/c1-11-17-13-9-12(5-6-14(13)18(11)4)7-8-16-15(2,3)10-19/h5-6,9,16,19H,7-8,10H2,1-4H3. The van der Waals surface area contributed by atoms with Crippen LogP contribution in [-0.4, -0.2) is 33.3 Å². The van der Waals surface area contributed by atoms with Gasteiger partial charge in [-0.05, 0) is 51.4 Å². The summed E-state index contributed by atoms with van der Waals surface area (Å²) < 4.78 is 2.10. The lowest BCUT2D eigenvalue weighted by Crippen LogP contribution is -2.43. The Kier molecular flexibility index (Phi) is 3.92. The molecule has 0 aliphatic heterocycles. The zero-order valence-electron chi connectivity index (χ0n) is 12.2. The molecule has 0 atom stereocenters. The van der Waals surface area contributed by atoms with Crippen molar-refractivity contribution in [1.82, 2.24) is 14.9 Å². The Morgan fingerprint density at radius 1 is 1.37 bits per heavy atom. The lowest BCUT2D eigenvalue weighted by Gasteiger charge is -2.23. The van der Waals surface area contributed by atoms with Crippen molar-refractivity contribution in [2.45, 2.75) is 32.7 Å². The predicted molar refractivity (Wildman–Crippen MR) is 78.3 cm³/mol. The van der Waals surface area contributed by atoms with E-state index in [4.69, 9.17) is 0 Å². The first-order valence-electron chi connectivity index (χ1n) is 6.71. The van der Waals surface area contributed by atoms with Crippen LogP contribution in [0.15, 0.2) is 18.2 Å². The molecule has 0 fully saturated rings. The Labute approximate surface area is 114 Å². The third-order valence-corrected chi connectivity index (χ3v) is 3.58. The van der Waals surface area contributed by atoms with Gasteiger partial charge in [0.1, 0.15) is 5.82 Å². The highest BCUT2D eigenvalue weighted by Crippen LogP contribution is 2.16. The highest BCUT2D eigenvalue weighted by molar-refractivity contribution is 5.76. The predicted octanol–water partition coefficient (Wildman–Crippen LogP) is 1.78. The number of aromatic nitrogens is 2. The number of aliphatic hydroxyl groups excluding tert-OH is 1. The van der Waals surface area contributed by atoms with E-state index in [1.165, 1.54) is 11.1 Å². The van der Waals surface area contributed by atoms with E-state index in [0.29, 0.717) is 0 Å². The van der Waals surface area contributed by atoms with Crippen LogP contribution in [0.5, 0.6) is 0 Å². The van der Waals surface area contributed by atoms with Gasteiger partial charge in [-0.15, -0.1) is 0 Å². The van der Waals surface area contributed by atoms with Crippen molar-refractivity contribution in [2.24, 2.45) is 7.05 Å². The largest absolute Gasteiger partial charge is 0.394 e. The summed E-state index contributed by atoms with van der Waals surface area (Å²) in [6.07, 6.45) is 0.939. The van der Waals surface area contributed by atoms with E-state index in [0.717, 1.165) is 24.3 Å². The molecular weight excluding hydrogens is 238 g/mol. The quantitative estimate of drug-likeness (QED) is 0.862. The van der Waals surface area contributed by atoms with E-state index in [-0.39, 0.29) is 12.1 Å². The SMILES string of the molecule is Cc1nc2cc(CCNC(C)(C)CO)ccc2n1C. The molecule has 1 aromatic carbocycles. The van der Waals surface area contributed by atoms with Crippen molar-refractivity contribution in [3.05, 3.63) is 29.6 Å². The zero-order chi connectivity index (χ0) is 14.0. The van der Waals surface area contributed by atoms with Gasteiger partial charge < -0.3 is 15.0 Å². The number of benzene rings is 1. The van der Waals surface area contributed by atoms with E-state index >= 15 is 0 Å². The minimum Gasteiger partial charge on any atom is -0.394 e. The fraction of sp³-hybridized carbons (Fsp3) is 0.533. The van der Waals surface area contributed by atoms with Crippen molar-refractivity contribution < 1.29 is 5.11 Å². The summed E-state index contributed by atoms with van der Waals surface area (Å²) in [6, 6.07) is 6.43. The van der Waals surface area contributed by atoms with Crippen LogP contribution >= 0.6 is 0 Å². The Morgan fingerprint density at radius 2 is 2.11 bits per heavy atom. The number of rotatable bonds is 5. The monoisotopic (exact) mass is 261 g/mol. The number of hydrogen-bond acceptors (Lipinski definition) is 3. The Morgan fingerprint density at radius 3 is 2.79 bits per heavy atom. The first-order chi connectivity index (χ1) is 8.93. The van der Waals surface area contributed by atoms with Crippen LogP contribution in [-0.2, 0) is 13.5 Å². The molecule has 104 valence electrons. The molecule has 0 amide bonds. The van der Waals surface area contributed by atoms with Gasteiger partial charge >= 0.3 is 0 Å². The molecule has 1 heterocycles. The van der Waals surface area contributed by atoms with E-state index < -0.39 is 0 Å². The zero-order valence-corrected chi connectivity index (χ0v) is 12.2. The summed E-state index contributed by atoms with van der Waals surface area (Å²) in [5.41, 5.74) is 3.28. The van der Waals surface area contributed by atoms with Crippen LogP contribution in [0.2, 0.25) is 0 Å². The van der Waals surface area contributed by atoms with Crippen LogP contribution in [0.3, 0.4) is 0 Å². The van der Waals surface area contributed by atoms with Crippen LogP contribution < -0.4 is 5.32 Å². The lowest BCUT2D eigenvalue weighted by molar-refractivity contribution is 0.189.